The largest absolute Gasteiger partial charge is 0.491 e. The minimum atomic E-state index is -1.34. The Labute approximate surface area is 90.7 Å². The second-order valence-corrected chi connectivity index (χ2v) is 2.89. The number of aliphatic hydroxyl groups is 1. The summed E-state index contributed by atoms with van der Waals surface area (Å²) < 4.78 is 4.97. The first-order valence-corrected chi connectivity index (χ1v) is 4.40. The molecule has 0 heterocycles. The zero-order chi connectivity index (χ0) is 12.1. The Kier molecular flexibility index (Phi) is 3.84. The summed E-state index contributed by atoms with van der Waals surface area (Å²) in [4.78, 5) is 21.5. The maximum absolute atomic E-state index is 10.8. The molecule has 0 unspecified atom stereocenters. The molecule has 0 aliphatic rings. The van der Waals surface area contributed by atoms with Gasteiger partial charge >= 0.3 is 11.9 Å². The molecule has 0 amide bonds. The molecule has 0 bridgehead atoms. The Balaban J connectivity index is 3.07. The van der Waals surface area contributed by atoms with Gasteiger partial charge in [0.15, 0.2) is 0 Å². The topological polar surface area (TPSA) is 104 Å². The van der Waals surface area contributed by atoms with Gasteiger partial charge in [0.1, 0.15) is 12.4 Å². The third-order valence-corrected chi connectivity index (χ3v) is 1.81. The third-order valence-electron chi connectivity index (χ3n) is 1.81. The molecule has 1 aromatic rings. The first-order valence-electron chi connectivity index (χ1n) is 4.40. The SMILES string of the molecule is O=C(O)c1ccc(OCCO)cc1C(=O)O. The minimum absolute atomic E-state index is 0.0193. The predicted octanol–water partition coefficient (Wildman–Crippen LogP) is 0.454. The normalized spacial score (nSPS) is 9.81. The smallest absolute Gasteiger partial charge is 0.336 e. The number of aliphatic hydroxyl groups excluding tert-OH is 1. The van der Waals surface area contributed by atoms with Gasteiger partial charge < -0.3 is 20.1 Å². The second-order valence-electron chi connectivity index (χ2n) is 2.89. The van der Waals surface area contributed by atoms with Gasteiger partial charge in [-0.1, -0.05) is 0 Å². The van der Waals surface area contributed by atoms with Crippen LogP contribution in [-0.4, -0.2) is 40.5 Å². The van der Waals surface area contributed by atoms with Crippen molar-refractivity contribution in [2.45, 2.75) is 0 Å². The van der Waals surface area contributed by atoms with Crippen LogP contribution in [0.5, 0.6) is 5.75 Å². The summed E-state index contributed by atoms with van der Waals surface area (Å²) in [6, 6.07) is 3.60. The van der Waals surface area contributed by atoms with Crippen LogP contribution in [0.25, 0.3) is 0 Å². The first kappa shape index (κ1) is 12.0. The van der Waals surface area contributed by atoms with E-state index in [9.17, 15) is 9.59 Å². The van der Waals surface area contributed by atoms with E-state index in [1.54, 1.807) is 0 Å². The van der Waals surface area contributed by atoms with E-state index in [4.69, 9.17) is 20.1 Å². The molecular formula is C10H10O6. The summed E-state index contributed by atoms with van der Waals surface area (Å²) in [5.41, 5.74) is -0.646. The Morgan fingerprint density at radius 2 is 1.75 bits per heavy atom. The van der Waals surface area contributed by atoms with E-state index >= 15 is 0 Å². The second kappa shape index (κ2) is 5.13. The van der Waals surface area contributed by atoms with Gasteiger partial charge in [0.25, 0.3) is 0 Å². The quantitative estimate of drug-likeness (QED) is 0.673. The van der Waals surface area contributed by atoms with Gasteiger partial charge in [0.2, 0.25) is 0 Å². The number of carboxylic acids is 2. The van der Waals surface area contributed by atoms with Crippen LogP contribution < -0.4 is 4.74 Å². The van der Waals surface area contributed by atoms with Crippen LogP contribution in [0.4, 0.5) is 0 Å². The standard InChI is InChI=1S/C10H10O6/c11-3-4-16-6-1-2-7(9(12)13)8(5-6)10(14)15/h1-2,5,11H,3-4H2,(H,12,13)(H,14,15). The van der Waals surface area contributed by atoms with Crippen molar-refractivity contribution in [1.82, 2.24) is 0 Å². The lowest BCUT2D eigenvalue weighted by molar-refractivity contribution is 0.0651. The molecular weight excluding hydrogens is 216 g/mol. The van der Waals surface area contributed by atoms with E-state index in [0.717, 1.165) is 12.1 Å². The van der Waals surface area contributed by atoms with Crippen molar-refractivity contribution in [3.05, 3.63) is 29.3 Å². The predicted molar refractivity (Wildman–Crippen MR) is 52.9 cm³/mol. The highest BCUT2D eigenvalue weighted by Gasteiger charge is 2.16. The number of aromatic carboxylic acids is 2. The maximum Gasteiger partial charge on any atom is 0.336 e. The first-order chi connectivity index (χ1) is 7.56. The lowest BCUT2D eigenvalue weighted by atomic mass is 10.1. The monoisotopic (exact) mass is 226 g/mol. The molecule has 0 aliphatic carbocycles. The molecule has 16 heavy (non-hydrogen) atoms. The Morgan fingerprint density at radius 3 is 2.25 bits per heavy atom. The van der Waals surface area contributed by atoms with Crippen molar-refractivity contribution >= 4 is 11.9 Å². The van der Waals surface area contributed by atoms with Crippen molar-refractivity contribution in [2.24, 2.45) is 0 Å². The van der Waals surface area contributed by atoms with E-state index in [-0.39, 0.29) is 30.1 Å². The minimum Gasteiger partial charge on any atom is -0.491 e. The lowest BCUT2D eigenvalue weighted by Crippen LogP contribution is -2.09. The van der Waals surface area contributed by atoms with Gasteiger partial charge in [0, 0.05) is 0 Å². The molecule has 6 nitrogen and oxygen atoms in total. The zero-order valence-corrected chi connectivity index (χ0v) is 8.21. The lowest BCUT2D eigenvalue weighted by Gasteiger charge is -2.06. The Bertz CT molecular complexity index is 412. The number of carboxylic acid groups (broad SMARTS) is 2. The van der Waals surface area contributed by atoms with E-state index in [1.807, 2.05) is 0 Å². The highest BCUT2D eigenvalue weighted by molar-refractivity contribution is 6.01. The average Bonchev–Trinajstić information content (AvgIpc) is 2.25. The molecule has 1 aromatic carbocycles. The van der Waals surface area contributed by atoms with Crippen molar-refractivity contribution in [3.63, 3.8) is 0 Å². The van der Waals surface area contributed by atoms with Gasteiger partial charge in [-0.05, 0) is 18.2 Å². The van der Waals surface area contributed by atoms with Crippen molar-refractivity contribution < 1.29 is 29.6 Å². The highest BCUT2D eigenvalue weighted by atomic mass is 16.5. The van der Waals surface area contributed by atoms with Gasteiger partial charge in [-0.2, -0.15) is 0 Å². The molecule has 0 radical (unpaired) electrons. The van der Waals surface area contributed by atoms with Crippen LogP contribution in [-0.2, 0) is 0 Å². The molecule has 3 N–H and O–H groups in total. The molecule has 1 rings (SSSR count). The van der Waals surface area contributed by atoms with Crippen molar-refractivity contribution in [2.75, 3.05) is 13.2 Å². The fourth-order valence-electron chi connectivity index (χ4n) is 1.14. The van der Waals surface area contributed by atoms with Crippen LogP contribution in [0.3, 0.4) is 0 Å². The number of hydrogen-bond acceptors (Lipinski definition) is 4. The molecule has 0 aromatic heterocycles. The van der Waals surface area contributed by atoms with Crippen molar-refractivity contribution in [3.8, 4) is 5.75 Å². The summed E-state index contributed by atoms with van der Waals surface area (Å²) in [6.45, 7) is -0.186. The molecule has 0 saturated carbocycles. The number of benzene rings is 1. The molecule has 0 aliphatic heterocycles. The molecule has 0 atom stereocenters. The number of hydrogen-bond donors (Lipinski definition) is 3. The van der Waals surface area contributed by atoms with Crippen LogP contribution in [0, 0.1) is 0 Å². The molecule has 0 fully saturated rings. The maximum atomic E-state index is 10.8. The third kappa shape index (κ3) is 2.71. The summed E-state index contributed by atoms with van der Waals surface area (Å²) in [6.07, 6.45) is 0. The van der Waals surface area contributed by atoms with Crippen molar-refractivity contribution in [1.29, 1.82) is 0 Å². The Hall–Kier alpha value is -2.08. The van der Waals surface area contributed by atoms with Gasteiger partial charge in [-0.25, -0.2) is 9.59 Å². The van der Waals surface area contributed by atoms with E-state index in [0.29, 0.717) is 0 Å². The van der Waals surface area contributed by atoms with E-state index in [2.05, 4.69) is 0 Å². The highest BCUT2D eigenvalue weighted by Crippen LogP contribution is 2.18. The fourth-order valence-corrected chi connectivity index (χ4v) is 1.14. The zero-order valence-electron chi connectivity index (χ0n) is 8.21. The molecule has 86 valence electrons. The number of ether oxygens (including phenoxy) is 1. The average molecular weight is 226 g/mol. The fraction of sp³-hybridized carbons (Fsp3) is 0.200. The summed E-state index contributed by atoms with van der Waals surface area (Å²) in [7, 11) is 0. The number of carbonyl (C=O) groups is 2. The van der Waals surface area contributed by atoms with E-state index in [1.165, 1.54) is 6.07 Å². The van der Waals surface area contributed by atoms with Gasteiger partial charge in [-0.15, -0.1) is 0 Å². The summed E-state index contributed by atoms with van der Waals surface area (Å²) in [5, 5.41) is 26.0. The summed E-state index contributed by atoms with van der Waals surface area (Å²) >= 11 is 0. The molecule has 6 heteroatoms. The molecule has 0 spiro atoms. The Morgan fingerprint density at radius 1 is 1.12 bits per heavy atom. The summed E-state index contributed by atoms with van der Waals surface area (Å²) in [5.74, 6) is -2.45. The van der Waals surface area contributed by atoms with Crippen LogP contribution >= 0.6 is 0 Å². The van der Waals surface area contributed by atoms with Gasteiger partial charge in [0.05, 0.1) is 17.7 Å². The van der Waals surface area contributed by atoms with Crippen LogP contribution in [0.15, 0.2) is 18.2 Å². The van der Waals surface area contributed by atoms with Gasteiger partial charge in [-0.3, -0.25) is 0 Å². The van der Waals surface area contributed by atoms with E-state index < -0.39 is 11.9 Å². The molecule has 0 saturated heterocycles. The number of rotatable bonds is 5. The van der Waals surface area contributed by atoms with Crippen LogP contribution in [0.2, 0.25) is 0 Å². The van der Waals surface area contributed by atoms with Crippen LogP contribution in [0.1, 0.15) is 20.7 Å².